The molecular weight excluding hydrogens is 252 g/mol. The molecule has 0 aliphatic heterocycles. The molecule has 0 radical (unpaired) electrons. The number of aromatic nitrogens is 1. The molecule has 86 valence electrons. The van der Waals surface area contributed by atoms with E-state index in [4.69, 9.17) is 5.73 Å². The highest BCUT2D eigenvalue weighted by Gasteiger charge is 2.21. The molecule has 0 atom stereocenters. The number of carbonyl (C=O) groups excluding carboxylic acids is 1. The average Bonchev–Trinajstić information content (AvgIpc) is 2.92. The second kappa shape index (κ2) is 4.16. The Balaban J connectivity index is 2.00. The Bertz CT molecular complexity index is 578. The number of anilines is 1. The number of benzene rings is 1. The van der Waals surface area contributed by atoms with Gasteiger partial charge in [0.1, 0.15) is 0 Å². The molecule has 3 nitrogen and oxygen atoms in total. The van der Waals surface area contributed by atoms with Crippen LogP contribution < -0.4 is 5.73 Å². The maximum atomic E-state index is 11.7. The summed E-state index contributed by atoms with van der Waals surface area (Å²) in [6, 6.07) is 3.84. The maximum absolute atomic E-state index is 11.7. The van der Waals surface area contributed by atoms with E-state index >= 15 is 0 Å². The van der Waals surface area contributed by atoms with Gasteiger partial charge in [0.05, 0.1) is 0 Å². The third-order valence-electron chi connectivity index (χ3n) is 2.76. The molecule has 0 spiro atoms. The van der Waals surface area contributed by atoms with Gasteiger partial charge in [-0.3, -0.25) is 4.79 Å². The number of thiazole rings is 1. The van der Waals surface area contributed by atoms with E-state index in [-0.39, 0.29) is 5.78 Å². The molecule has 1 heterocycles. The molecular formula is C12H10N2OS2. The van der Waals surface area contributed by atoms with Crippen molar-refractivity contribution in [1.29, 1.82) is 0 Å². The van der Waals surface area contributed by atoms with Gasteiger partial charge in [0.25, 0.3) is 0 Å². The summed E-state index contributed by atoms with van der Waals surface area (Å²) < 4.78 is 0.946. The molecule has 3 rings (SSSR count). The smallest absolute Gasteiger partial charge is 0.163 e. The molecule has 1 aromatic heterocycles. The van der Waals surface area contributed by atoms with Crippen LogP contribution in [-0.2, 0) is 6.42 Å². The summed E-state index contributed by atoms with van der Waals surface area (Å²) in [5.41, 5.74) is 8.65. The number of ketones is 1. The number of nitrogens with zero attached hydrogens (tertiary/aromatic N) is 1. The van der Waals surface area contributed by atoms with Gasteiger partial charge in [-0.05, 0) is 24.1 Å². The van der Waals surface area contributed by atoms with E-state index in [0.29, 0.717) is 6.42 Å². The van der Waals surface area contributed by atoms with Gasteiger partial charge in [-0.15, -0.1) is 11.3 Å². The van der Waals surface area contributed by atoms with Crippen LogP contribution in [0.4, 0.5) is 5.69 Å². The second-order valence-electron chi connectivity index (χ2n) is 3.87. The van der Waals surface area contributed by atoms with Gasteiger partial charge >= 0.3 is 0 Å². The summed E-state index contributed by atoms with van der Waals surface area (Å²) in [5, 5.41) is 1.93. The van der Waals surface area contributed by atoms with E-state index in [2.05, 4.69) is 4.98 Å². The zero-order valence-electron chi connectivity index (χ0n) is 8.97. The summed E-state index contributed by atoms with van der Waals surface area (Å²) in [5.74, 6) is 0.223. The zero-order chi connectivity index (χ0) is 11.8. The normalized spacial score (nSPS) is 14.0. The lowest BCUT2D eigenvalue weighted by molar-refractivity contribution is 0.0994. The molecule has 0 bridgehead atoms. The Hall–Kier alpha value is -1.33. The highest BCUT2D eigenvalue weighted by molar-refractivity contribution is 8.01. The lowest BCUT2D eigenvalue weighted by Gasteiger charge is -2.06. The van der Waals surface area contributed by atoms with Crippen LogP contribution in [0.1, 0.15) is 22.3 Å². The van der Waals surface area contributed by atoms with Crippen LogP contribution >= 0.6 is 23.1 Å². The van der Waals surface area contributed by atoms with E-state index in [1.54, 1.807) is 17.5 Å². The number of rotatable bonds is 2. The van der Waals surface area contributed by atoms with E-state index < -0.39 is 0 Å². The molecule has 17 heavy (non-hydrogen) atoms. The highest BCUT2D eigenvalue weighted by Crippen LogP contribution is 2.37. The molecule has 1 aliphatic rings. The van der Waals surface area contributed by atoms with Gasteiger partial charge in [-0.1, -0.05) is 11.8 Å². The molecule has 5 heteroatoms. The van der Waals surface area contributed by atoms with Gasteiger partial charge in [-0.2, -0.15) is 0 Å². The van der Waals surface area contributed by atoms with Crippen molar-refractivity contribution in [2.45, 2.75) is 22.1 Å². The van der Waals surface area contributed by atoms with Gasteiger partial charge in [0.2, 0.25) is 0 Å². The summed E-state index contributed by atoms with van der Waals surface area (Å²) in [6.07, 6.45) is 3.20. The number of fused-ring (bicyclic) bond motifs is 1. The van der Waals surface area contributed by atoms with Crippen molar-refractivity contribution in [3.8, 4) is 0 Å². The van der Waals surface area contributed by atoms with Crippen molar-refractivity contribution < 1.29 is 4.79 Å². The van der Waals surface area contributed by atoms with Crippen LogP contribution in [0.2, 0.25) is 0 Å². The molecule has 2 N–H and O–H groups in total. The SMILES string of the molecule is Nc1cc2c(cc1Sc1nccs1)C(=O)CC2. The molecule has 0 saturated carbocycles. The lowest BCUT2D eigenvalue weighted by Crippen LogP contribution is -1.95. The monoisotopic (exact) mass is 262 g/mol. The van der Waals surface area contributed by atoms with Gasteiger partial charge < -0.3 is 5.73 Å². The molecule has 1 aliphatic carbocycles. The summed E-state index contributed by atoms with van der Waals surface area (Å²) in [6.45, 7) is 0. The van der Waals surface area contributed by atoms with Crippen molar-refractivity contribution in [1.82, 2.24) is 4.98 Å². The zero-order valence-corrected chi connectivity index (χ0v) is 10.6. The first-order valence-corrected chi connectivity index (χ1v) is 6.96. The fraction of sp³-hybridized carbons (Fsp3) is 0.167. The Kier molecular flexibility index (Phi) is 2.64. The first-order valence-electron chi connectivity index (χ1n) is 5.27. The van der Waals surface area contributed by atoms with Crippen LogP contribution in [0.5, 0.6) is 0 Å². The third kappa shape index (κ3) is 1.96. The fourth-order valence-electron chi connectivity index (χ4n) is 1.94. The predicted octanol–water partition coefficient (Wildman–Crippen LogP) is 3.01. The number of Topliss-reactive ketones (excluding diaryl/α,β-unsaturated/α-hetero) is 1. The Labute approximate surface area is 107 Å². The fourth-order valence-corrected chi connectivity index (χ4v) is 3.58. The van der Waals surface area contributed by atoms with Crippen molar-refractivity contribution in [2.75, 3.05) is 5.73 Å². The van der Waals surface area contributed by atoms with E-state index in [1.807, 2.05) is 17.5 Å². The van der Waals surface area contributed by atoms with Crippen molar-refractivity contribution >= 4 is 34.6 Å². The number of nitrogens with two attached hydrogens (primary N) is 1. The number of hydrogen-bond acceptors (Lipinski definition) is 5. The van der Waals surface area contributed by atoms with Gasteiger partial charge in [-0.25, -0.2) is 4.98 Å². The Morgan fingerprint density at radius 1 is 1.35 bits per heavy atom. The summed E-state index contributed by atoms with van der Waals surface area (Å²) in [4.78, 5) is 16.8. The van der Waals surface area contributed by atoms with Gasteiger partial charge in [0, 0.05) is 34.1 Å². The number of nitrogen functional groups attached to an aromatic ring is 1. The van der Waals surface area contributed by atoms with Crippen LogP contribution in [0.25, 0.3) is 0 Å². The Morgan fingerprint density at radius 3 is 3.00 bits per heavy atom. The number of hydrogen-bond donors (Lipinski definition) is 1. The standard InChI is InChI=1S/C12H10N2OS2/c13-9-5-7-1-2-10(15)8(7)6-11(9)17-12-14-3-4-16-12/h3-6H,1-2,13H2. The largest absolute Gasteiger partial charge is 0.398 e. The van der Waals surface area contributed by atoms with Crippen molar-refractivity contribution in [3.05, 3.63) is 34.8 Å². The number of aryl methyl sites for hydroxylation is 1. The van der Waals surface area contributed by atoms with E-state index in [0.717, 1.165) is 32.5 Å². The molecule has 0 fully saturated rings. The van der Waals surface area contributed by atoms with Crippen LogP contribution in [-0.4, -0.2) is 10.8 Å². The molecule has 1 aromatic carbocycles. The van der Waals surface area contributed by atoms with Gasteiger partial charge in [0.15, 0.2) is 10.1 Å². The van der Waals surface area contributed by atoms with Crippen LogP contribution in [0.3, 0.4) is 0 Å². The molecule has 2 aromatic rings. The third-order valence-corrected chi connectivity index (χ3v) is 4.72. The Morgan fingerprint density at radius 2 is 2.24 bits per heavy atom. The minimum Gasteiger partial charge on any atom is -0.398 e. The topological polar surface area (TPSA) is 56.0 Å². The van der Waals surface area contributed by atoms with E-state index in [1.165, 1.54) is 11.8 Å². The summed E-state index contributed by atoms with van der Waals surface area (Å²) >= 11 is 3.09. The average molecular weight is 262 g/mol. The van der Waals surface area contributed by atoms with E-state index in [9.17, 15) is 4.79 Å². The lowest BCUT2D eigenvalue weighted by atomic mass is 10.1. The number of carbonyl (C=O) groups is 1. The highest BCUT2D eigenvalue weighted by atomic mass is 32.2. The minimum atomic E-state index is 0.223. The second-order valence-corrected chi connectivity index (χ2v) is 6.05. The maximum Gasteiger partial charge on any atom is 0.163 e. The van der Waals surface area contributed by atoms with Crippen LogP contribution in [0, 0.1) is 0 Å². The first-order chi connectivity index (χ1) is 8.24. The quantitative estimate of drug-likeness (QED) is 0.845. The molecule has 0 amide bonds. The summed E-state index contributed by atoms with van der Waals surface area (Å²) in [7, 11) is 0. The molecule has 0 saturated heterocycles. The van der Waals surface area contributed by atoms with Crippen molar-refractivity contribution in [2.24, 2.45) is 0 Å². The first kappa shape index (κ1) is 10.8. The predicted molar refractivity (Wildman–Crippen MR) is 69.7 cm³/mol. The van der Waals surface area contributed by atoms with Crippen LogP contribution in [0.15, 0.2) is 32.9 Å². The minimum absolute atomic E-state index is 0.223. The molecule has 0 unspecified atom stereocenters. The van der Waals surface area contributed by atoms with Crippen molar-refractivity contribution in [3.63, 3.8) is 0 Å².